The third-order valence-electron chi connectivity index (χ3n) is 1.21. The Morgan fingerprint density at radius 2 is 2.08 bits per heavy atom. The van der Waals surface area contributed by atoms with Crippen LogP contribution in [0.3, 0.4) is 0 Å². The van der Waals surface area contributed by atoms with Crippen molar-refractivity contribution in [1.82, 2.24) is 0 Å². The maximum absolute atomic E-state index is 5.29. The van der Waals surface area contributed by atoms with E-state index < -0.39 is 0 Å². The fourth-order valence-electron chi connectivity index (χ4n) is 0.582. The number of ether oxygens (including phenoxy) is 3. The first kappa shape index (κ1) is 13.6. The van der Waals surface area contributed by atoms with Crippen molar-refractivity contribution in [3.05, 3.63) is 9.47 Å². The summed E-state index contributed by atoms with van der Waals surface area (Å²) in [6.07, 6.45) is 1.91. The Balaban J connectivity index is 3.27. The highest BCUT2D eigenvalue weighted by Crippen LogP contribution is 2.14. The zero-order chi connectivity index (χ0) is 10.1. The van der Waals surface area contributed by atoms with E-state index in [1.165, 1.54) is 0 Å². The largest absolute Gasteiger partial charge is 0.382 e. The lowest BCUT2D eigenvalue weighted by Gasteiger charge is -2.08. The van der Waals surface area contributed by atoms with Crippen LogP contribution < -0.4 is 0 Å². The Kier molecular flexibility index (Phi) is 9.56. The quantitative estimate of drug-likeness (QED) is 0.533. The van der Waals surface area contributed by atoms with Crippen LogP contribution in [0.2, 0.25) is 0 Å². The monoisotopic (exact) mass is 316 g/mol. The van der Waals surface area contributed by atoms with Crippen LogP contribution in [0.1, 0.15) is 6.92 Å². The van der Waals surface area contributed by atoms with Gasteiger partial charge in [-0.05, 0) is 44.9 Å². The zero-order valence-corrected chi connectivity index (χ0v) is 10.9. The smallest absolute Gasteiger partial charge is 0.147 e. The molecule has 0 bridgehead atoms. The lowest BCUT2D eigenvalue weighted by molar-refractivity contribution is -0.0802. The maximum atomic E-state index is 5.29. The van der Waals surface area contributed by atoms with Gasteiger partial charge in [-0.25, -0.2) is 0 Å². The molecule has 13 heavy (non-hydrogen) atoms. The molecule has 0 aliphatic carbocycles. The number of hydrogen-bond donors (Lipinski definition) is 0. The summed E-state index contributed by atoms with van der Waals surface area (Å²) < 4.78 is 16.1. The lowest BCUT2D eigenvalue weighted by atomic mass is 10.4. The summed E-state index contributed by atoms with van der Waals surface area (Å²) in [5, 5.41) is 0. The van der Waals surface area contributed by atoms with Crippen LogP contribution in [0.4, 0.5) is 0 Å². The molecule has 0 aromatic heterocycles. The summed E-state index contributed by atoms with van der Waals surface area (Å²) >= 11 is 6.49. The summed E-state index contributed by atoms with van der Waals surface area (Å²) in [7, 11) is 1.64. The fourth-order valence-corrected chi connectivity index (χ4v) is 1.33. The normalized spacial score (nSPS) is 12.6. The lowest BCUT2D eigenvalue weighted by Crippen LogP contribution is -2.11. The minimum atomic E-state index is 0.0243. The van der Waals surface area contributed by atoms with Crippen molar-refractivity contribution in [3.63, 3.8) is 0 Å². The molecule has 0 aromatic rings. The standard InChI is InChI=1S/C8H14Br2O3/c1-7(5-8(9)10)13-6-12-4-3-11-2/h5,7H,3-4,6H2,1-2H3/t7-/m0/s1. The van der Waals surface area contributed by atoms with Gasteiger partial charge in [-0.2, -0.15) is 0 Å². The third kappa shape index (κ3) is 10.5. The minimum Gasteiger partial charge on any atom is -0.382 e. The SMILES string of the molecule is COCCOCO[C@@H](C)C=C(Br)Br. The van der Waals surface area contributed by atoms with Crippen LogP contribution in [-0.4, -0.2) is 33.2 Å². The number of halogens is 2. The summed E-state index contributed by atoms with van der Waals surface area (Å²) in [6, 6.07) is 0. The van der Waals surface area contributed by atoms with Gasteiger partial charge in [-0.1, -0.05) is 0 Å². The third-order valence-corrected chi connectivity index (χ3v) is 1.74. The van der Waals surface area contributed by atoms with Crippen molar-refractivity contribution in [3.8, 4) is 0 Å². The minimum absolute atomic E-state index is 0.0243. The summed E-state index contributed by atoms with van der Waals surface area (Å²) in [4.78, 5) is 0. The van der Waals surface area contributed by atoms with Crippen LogP contribution in [0.5, 0.6) is 0 Å². The van der Waals surface area contributed by atoms with Gasteiger partial charge in [-0.3, -0.25) is 0 Å². The predicted octanol–water partition coefficient (Wildman–Crippen LogP) is 2.64. The van der Waals surface area contributed by atoms with Gasteiger partial charge < -0.3 is 14.2 Å². The van der Waals surface area contributed by atoms with E-state index in [0.717, 1.165) is 3.39 Å². The van der Waals surface area contributed by atoms with Gasteiger partial charge in [0, 0.05) is 7.11 Å². The van der Waals surface area contributed by atoms with Gasteiger partial charge in [0.25, 0.3) is 0 Å². The van der Waals surface area contributed by atoms with Crippen molar-refractivity contribution in [2.24, 2.45) is 0 Å². The Bertz CT molecular complexity index is 146. The Labute approximate surface area is 95.7 Å². The molecule has 1 atom stereocenters. The van der Waals surface area contributed by atoms with E-state index in [1.54, 1.807) is 7.11 Å². The number of hydrogen-bond acceptors (Lipinski definition) is 3. The molecular weight excluding hydrogens is 304 g/mol. The molecule has 0 aliphatic rings. The summed E-state index contributed by atoms with van der Waals surface area (Å²) in [5.41, 5.74) is 0. The molecule has 0 rings (SSSR count). The molecule has 0 aliphatic heterocycles. The fraction of sp³-hybridized carbons (Fsp3) is 0.750. The van der Waals surface area contributed by atoms with Gasteiger partial charge in [0.2, 0.25) is 0 Å². The van der Waals surface area contributed by atoms with E-state index in [9.17, 15) is 0 Å². The van der Waals surface area contributed by atoms with E-state index in [4.69, 9.17) is 14.2 Å². The molecular formula is C8H14Br2O3. The van der Waals surface area contributed by atoms with Gasteiger partial charge in [0.05, 0.1) is 22.7 Å². The van der Waals surface area contributed by atoms with Crippen LogP contribution in [-0.2, 0) is 14.2 Å². The van der Waals surface area contributed by atoms with Crippen molar-refractivity contribution >= 4 is 31.9 Å². The van der Waals surface area contributed by atoms with Crippen LogP contribution in [0.15, 0.2) is 9.47 Å². The summed E-state index contributed by atoms with van der Waals surface area (Å²) in [5.74, 6) is 0. The molecule has 5 heteroatoms. The zero-order valence-electron chi connectivity index (χ0n) is 7.76. The highest BCUT2D eigenvalue weighted by molar-refractivity contribution is 9.28. The Morgan fingerprint density at radius 1 is 1.38 bits per heavy atom. The molecule has 0 unspecified atom stereocenters. The highest BCUT2D eigenvalue weighted by atomic mass is 79.9. The molecule has 0 saturated carbocycles. The highest BCUT2D eigenvalue weighted by Gasteiger charge is 1.97. The van der Waals surface area contributed by atoms with Crippen molar-refractivity contribution in [2.75, 3.05) is 27.1 Å². The molecule has 0 aromatic carbocycles. The van der Waals surface area contributed by atoms with Gasteiger partial charge >= 0.3 is 0 Å². The van der Waals surface area contributed by atoms with Crippen LogP contribution >= 0.6 is 31.9 Å². The molecule has 0 spiro atoms. The number of rotatable bonds is 7. The van der Waals surface area contributed by atoms with E-state index >= 15 is 0 Å². The van der Waals surface area contributed by atoms with Crippen molar-refractivity contribution in [2.45, 2.75) is 13.0 Å². The summed E-state index contributed by atoms with van der Waals surface area (Å²) in [6.45, 7) is 3.37. The second-order valence-corrected chi connectivity index (χ2v) is 5.12. The molecule has 0 radical (unpaired) electrons. The Morgan fingerprint density at radius 3 is 2.62 bits per heavy atom. The van der Waals surface area contributed by atoms with Crippen molar-refractivity contribution in [1.29, 1.82) is 0 Å². The predicted molar refractivity (Wildman–Crippen MR) is 59.2 cm³/mol. The first-order chi connectivity index (χ1) is 6.16. The van der Waals surface area contributed by atoms with Crippen LogP contribution in [0.25, 0.3) is 0 Å². The molecule has 0 N–H and O–H groups in total. The van der Waals surface area contributed by atoms with Gasteiger partial charge in [0.15, 0.2) is 0 Å². The molecule has 0 fully saturated rings. The van der Waals surface area contributed by atoms with E-state index in [-0.39, 0.29) is 12.9 Å². The first-order valence-corrected chi connectivity index (χ1v) is 5.46. The average Bonchev–Trinajstić information content (AvgIpc) is 2.02. The van der Waals surface area contributed by atoms with Gasteiger partial charge in [-0.15, -0.1) is 0 Å². The van der Waals surface area contributed by atoms with E-state index in [2.05, 4.69) is 31.9 Å². The second-order valence-electron chi connectivity index (χ2n) is 2.35. The molecule has 0 heterocycles. The Hall–Kier alpha value is 0.580. The molecule has 3 nitrogen and oxygen atoms in total. The second kappa shape index (κ2) is 9.15. The van der Waals surface area contributed by atoms with Crippen LogP contribution in [0, 0.1) is 0 Å². The van der Waals surface area contributed by atoms with E-state index in [1.807, 2.05) is 13.0 Å². The van der Waals surface area contributed by atoms with Crippen molar-refractivity contribution < 1.29 is 14.2 Å². The first-order valence-electron chi connectivity index (χ1n) is 3.88. The maximum Gasteiger partial charge on any atom is 0.147 e. The van der Waals surface area contributed by atoms with Gasteiger partial charge in [0.1, 0.15) is 6.79 Å². The molecule has 78 valence electrons. The van der Waals surface area contributed by atoms with E-state index in [0.29, 0.717) is 13.2 Å². The average molecular weight is 318 g/mol. The number of methoxy groups -OCH3 is 1. The molecule has 0 saturated heterocycles. The topological polar surface area (TPSA) is 27.7 Å². The molecule has 0 amide bonds.